The number of rotatable bonds is 10. The number of benzene rings is 3. The van der Waals surface area contributed by atoms with Gasteiger partial charge >= 0.3 is 6.18 Å². The van der Waals surface area contributed by atoms with Gasteiger partial charge in [0.2, 0.25) is 5.95 Å². The van der Waals surface area contributed by atoms with E-state index in [1.54, 1.807) is 0 Å². The Hall–Kier alpha value is -4.68. The summed E-state index contributed by atoms with van der Waals surface area (Å²) in [5, 5.41) is 8.31. The topological polar surface area (TPSA) is 108 Å². The normalized spacial score (nSPS) is 13.4. The van der Waals surface area contributed by atoms with Crippen molar-refractivity contribution in [1.29, 1.82) is 0 Å². The number of alkyl halides is 3. The molecular formula is C31H28ClF3N6O3. The second kappa shape index (κ2) is 13.7. The molecular weight excluding hydrogens is 597 g/mol. The SMILES string of the molecule is O=C(Nc1ccc(Cl)c(C(=O)Nc2cnc(Nc3ccc(OCCN4CCCC4)cc3)nc2)c1)c1cccc(C(F)(F)F)c1. The van der Waals surface area contributed by atoms with Crippen LogP contribution in [-0.2, 0) is 6.18 Å². The van der Waals surface area contributed by atoms with E-state index in [0.29, 0.717) is 12.6 Å². The molecule has 13 heteroatoms. The van der Waals surface area contributed by atoms with Gasteiger partial charge < -0.3 is 20.7 Å². The van der Waals surface area contributed by atoms with Crippen LogP contribution in [0.3, 0.4) is 0 Å². The number of carbonyl (C=O) groups excluding carboxylic acids is 2. The van der Waals surface area contributed by atoms with Crippen molar-refractivity contribution in [2.45, 2.75) is 19.0 Å². The van der Waals surface area contributed by atoms with Gasteiger partial charge in [0.25, 0.3) is 11.8 Å². The van der Waals surface area contributed by atoms with Crippen LogP contribution >= 0.6 is 11.6 Å². The number of halogens is 4. The van der Waals surface area contributed by atoms with Gasteiger partial charge in [-0.1, -0.05) is 17.7 Å². The third kappa shape index (κ3) is 8.23. The fraction of sp³-hybridized carbons (Fsp3) is 0.226. The van der Waals surface area contributed by atoms with Crippen molar-refractivity contribution in [1.82, 2.24) is 14.9 Å². The Bertz CT molecular complexity index is 1610. The van der Waals surface area contributed by atoms with Crippen LogP contribution in [0.4, 0.5) is 36.2 Å². The van der Waals surface area contributed by atoms with Crippen LogP contribution in [-0.4, -0.2) is 52.9 Å². The van der Waals surface area contributed by atoms with Gasteiger partial charge in [0, 0.05) is 23.5 Å². The van der Waals surface area contributed by atoms with E-state index in [2.05, 4.69) is 30.8 Å². The minimum absolute atomic E-state index is 0.0263. The van der Waals surface area contributed by atoms with E-state index in [9.17, 15) is 22.8 Å². The summed E-state index contributed by atoms with van der Waals surface area (Å²) in [6, 6.07) is 15.6. The summed E-state index contributed by atoms with van der Waals surface area (Å²) in [6.45, 7) is 3.80. The van der Waals surface area contributed by atoms with Crippen LogP contribution in [0.15, 0.2) is 79.1 Å². The van der Waals surface area contributed by atoms with Crippen LogP contribution in [0.2, 0.25) is 5.02 Å². The van der Waals surface area contributed by atoms with Crippen molar-refractivity contribution >= 4 is 46.4 Å². The zero-order valence-corrected chi connectivity index (χ0v) is 24.1. The molecule has 0 radical (unpaired) electrons. The summed E-state index contributed by atoms with van der Waals surface area (Å²) in [7, 11) is 0. The molecule has 0 bridgehead atoms. The molecule has 4 aromatic rings. The summed E-state index contributed by atoms with van der Waals surface area (Å²) in [4.78, 5) is 36.4. The van der Waals surface area contributed by atoms with Gasteiger partial charge in [-0.25, -0.2) is 9.97 Å². The van der Waals surface area contributed by atoms with E-state index in [0.717, 1.165) is 49.3 Å². The first-order chi connectivity index (χ1) is 21.1. The van der Waals surface area contributed by atoms with Gasteiger partial charge in [0.15, 0.2) is 0 Å². The molecule has 1 aromatic heterocycles. The minimum Gasteiger partial charge on any atom is -0.492 e. The van der Waals surface area contributed by atoms with Crippen molar-refractivity contribution in [2.24, 2.45) is 0 Å². The smallest absolute Gasteiger partial charge is 0.416 e. The zero-order chi connectivity index (χ0) is 31.1. The van der Waals surface area contributed by atoms with E-state index in [4.69, 9.17) is 16.3 Å². The molecule has 3 N–H and O–H groups in total. The lowest BCUT2D eigenvalue weighted by Crippen LogP contribution is -2.25. The second-order valence-electron chi connectivity index (χ2n) is 10.0. The number of hydrogen-bond acceptors (Lipinski definition) is 7. The molecule has 1 aliphatic rings. The standard InChI is InChI=1S/C31H28ClF3N6O3/c32-27-11-8-23(38-28(42)20-4-3-5-21(16-20)31(33,34)35)17-26(27)29(43)39-24-18-36-30(37-19-24)40-22-6-9-25(10-7-22)44-15-14-41-12-1-2-13-41/h3-11,16-19H,1-2,12-15H2,(H,38,42)(H,39,43)(H,36,37,40). The third-order valence-corrected chi connectivity index (χ3v) is 7.15. The fourth-order valence-corrected chi connectivity index (χ4v) is 4.74. The average molecular weight is 625 g/mol. The average Bonchev–Trinajstić information content (AvgIpc) is 3.53. The predicted octanol–water partition coefficient (Wildman–Crippen LogP) is 6.87. The second-order valence-corrected chi connectivity index (χ2v) is 10.4. The Labute approximate surface area is 256 Å². The maximum atomic E-state index is 13.0. The molecule has 44 heavy (non-hydrogen) atoms. The lowest BCUT2D eigenvalue weighted by atomic mass is 10.1. The molecule has 5 rings (SSSR count). The number of amides is 2. The lowest BCUT2D eigenvalue weighted by molar-refractivity contribution is -0.137. The van der Waals surface area contributed by atoms with Gasteiger partial charge in [0.05, 0.1) is 34.2 Å². The number of ether oxygens (including phenoxy) is 1. The summed E-state index contributed by atoms with van der Waals surface area (Å²) in [6.07, 6.45) is 0.729. The number of aromatic nitrogens is 2. The molecule has 1 saturated heterocycles. The largest absolute Gasteiger partial charge is 0.492 e. The lowest BCUT2D eigenvalue weighted by Gasteiger charge is -2.15. The van der Waals surface area contributed by atoms with Crippen LogP contribution in [0.25, 0.3) is 0 Å². The molecule has 1 fully saturated rings. The Balaban J connectivity index is 1.15. The van der Waals surface area contributed by atoms with Crippen LogP contribution in [0.1, 0.15) is 39.1 Å². The molecule has 0 unspecified atom stereocenters. The molecule has 0 spiro atoms. The van der Waals surface area contributed by atoms with E-state index in [1.807, 2.05) is 24.3 Å². The van der Waals surface area contributed by atoms with E-state index < -0.39 is 23.6 Å². The first kappa shape index (κ1) is 30.8. The van der Waals surface area contributed by atoms with Gasteiger partial charge in [-0.15, -0.1) is 0 Å². The minimum atomic E-state index is -4.59. The molecule has 9 nitrogen and oxygen atoms in total. The van der Waals surface area contributed by atoms with Crippen LogP contribution in [0, 0.1) is 0 Å². The van der Waals surface area contributed by atoms with Crippen molar-refractivity contribution in [2.75, 3.05) is 42.2 Å². The monoisotopic (exact) mass is 624 g/mol. The van der Waals surface area contributed by atoms with Crippen molar-refractivity contribution in [3.8, 4) is 5.75 Å². The highest BCUT2D eigenvalue weighted by molar-refractivity contribution is 6.34. The molecule has 0 atom stereocenters. The maximum Gasteiger partial charge on any atom is 0.416 e. The van der Waals surface area contributed by atoms with Gasteiger partial charge in [-0.3, -0.25) is 14.5 Å². The highest BCUT2D eigenvalue weighted by Gasteiger charge is 2.31. The Morgan fingerprint density at radius 1 is 0.864 bits per heavy atom. The van der Waals surface area contributed by atoms with E-state index in [-0.39, 0.29) is 27.5 Å². The van der Waals surface area contributed by atoms with Crippen LogP contribution in [0.5, 0.6) is 5.75 Å². The van der Waals surface area contributed by atoms with Crippen molar-refractivity contribution < 1.29 is 27.5 Å². The van der Waals surface area contributed by atoms with Crippen molar-refractivity contribution in [3.05, 3.63) is 101 Å². The van der Waals surface area contributed by atoms with Gasteiger partial charge in [-0.05, 0) is 86.6 Å². The fourth-order valence-electron chi connectivity index (χ4n) is 4.54. The number of nitrogens with one attached hydrogen (secondary N) is 3. The zero-order valence-electron chi connectivity index (χ0n) is 23.3. The highest BCUT2D eigenvalue weighted by atomic mass is 35.5. The molecule has 2 heterocycles. The molecule has 1 aliphatic heterocycles. The Morgan fingerprint density at radius 3 is 2.25 bits per heavy atom. The quantitative estimate of drug-likeness (QED) is 0.177. The maximum absolute atomic E-state index is 13.0. The molecule has 2 amide bonds. The number of nitrogens with zero attached hydrogens (tertiary/aromatic N) is 3. The summed E-state index contributed by atoms with van der Waals surface area (Å²) in [5.74, 6) is -0.300. The Morgan fingerprint density at radius 2 is 1.55 bits per heavy atom. The summed E-state index contributed by atoms with van der Waals surface area (Å²) in [5.41, 5.74) is 0.0974. The predicted molar refractivity (Wildman–Crippen MR) is 162 cm³/mol. The number of anilines is 4. The third-order valence-electron chi connectivity index (χ3n) is 6.82. The summed E-state index contributed by atoms with van der Waals surface area (Å²) < 4.78 is 44.9. The molecule has 0 saturated carbocycles. The van der Waals surface area contributed by atoms with Gasteiger partial charge in [-0.2, -0.15) is 13.2 Å². The van der Waals surface area contributed by atoms with Crippen molar-refractivity contribution in [3.63, 3.8) is 0 Å². The summed E-state index contributed by atoms with van der Waals surface area (Å²) >= 11 is 6.22. The van der Waals surface area contributed by atoms with E-state index >= 15 is 0 Å². The Kier molecular flexibility index (Phi) is 9.61. The molecule has 3 aromatic carbocycles. The molecule has 0 aliphatic carbocycles. The highest BCUT2D eigenvalue weighted by Crippen LogP contribution is 2.30. The van der Waals surface area contributed by atoms with E-state index in [1.165, 1.54) is 49.5 Å². The van der Waals surface area contributed by atoms with Gasteiger partial charge in [0.1, 0.15) is 12.4 Å². The number of likely N-dealkylation sites (tertiary alicyclic amines) is 1. The first-order valence-corrected chi connectivity index (χ1v) is 14.2. The number of hydrogen-bond donors (Lipinski definition) is 3. The molecule has 228 valence electrons. The first-order valence-electron chi connectivity index (χ1n) is 13.8. The van der Waals surface area contributed by atoms with Crippen LogP contribution < -0.4 is 20.7 Å². The number of carbonyl (C=O) groups is 2.